The van der Waals surface area contributed by atoms with Crippen molar-refractivity contribution in [1.29, 1.82) is 0 Å². The van der Waals surface area contributed by atoms with Crippen LogP contribution in [0.25, 0.3) is 11.1 Å². The third kappa shape index (κ3) is 3.76. The highest BCUT2D eigenvalue weighted by atomic mass is 19.4. The van der Waals surface area contributed by atoms with E-state index in [0.29, 0.717) is 45.3 Å². The van der Waals surface area contributed by atoms with Crippen LogP contribution in [0.15, 0.2) is 24.3 Å². The molecule has 0 fully saturated rings. The fraction of sp³-hybridized carbons (Fsp3) is 0.350. The maximum Gasteiger partial charge on any atom is 0.471 e. The van der Waals surface area contributed by atoms with Gasteiger partial charge in [0.1, 0.15) is 0 Å². The van der Waals surface area contributed by atoms with Gasteiger partial charge in [0.15, 0.2) is 23.0 Å². The van der Waals surface area contributed by atoms with Crippen molar-refractivity contribution in [1.82, 2.24) is 4.90 Å². The first-order valence-electron chi connectivity index (χ1n) is 8.59. The maximum atomic E-state index is 13.2. The first-order chi connectivity index (χ1) is 13.7. The summed E-state index contributed by atoms with van der Waals surface area (Å²) in [6.45, 7) is -0.485. The molecule has 9 heteroatoms. The molecule has 0 N–H and O–H groups in total. The number of fused-ring (bicyclic) bond motifs is 3. The lowest BCUT2D eigenvalue weighted by Crippen LogP contribution is -2.39. The fourth-order valence-corrected chi connectivity index (χ4v) is 3.40. The molecule has 0 saturated heterocycles. The van der Waals surface area contributed by atoms with E-state index < -0.39 is 12.1 Å². The van der Waals surface area contributed by atoms with Crippen LogP contribution in [0.2, 0.25) is 0 Å². The Labute approximate surface area is 165 Å². The molecule has 0 bridgehead atoms. The molecule has 2 aromatic carbocycles. The molecule has 0 unspecified atom stereocenters. The molecule has 6 nitrogen and oxygen atoms in total. The number of ether oxygens (including phenoxy) is 4. The number of carbonyl (C=O) groups is 1. The van der Waals surface area contributed by atoms with Gasteiger partial charge in [0, 0.05) is 13.1 Å². The van der Waals surface area contributed by atoms with Crippen LogP contribution < -0.4 is 18.9 Å². The van der Waals surface area contributed by atoms with Crippen LogP contribution >= 0.6 is 0 Å². The Kier molecular flexibility index (Phi) is 5.50. The van der Waals surface area contributed by atoms with Crippen LogP contribution in [0.3, 0.4) is 0 Å². The Bertz CT molecular complexity index is 879. The second-order valence-electron chi connectivity index (χ2n) is 6.39. The minimum absolute atomic E-state index is 0.243. The van der Waals surface area contributed by atoms with Gasteiger partial charge in [-0.25, -0.2) is 0 Å². The largest absolute Gasteiger partial charge is 0.493 e. The maximum absolute atomic E-state index is 13.2. The number of methoxy groups -OCH3 is 4. The van der Waals surface area contributed by atoms with Crippen molar-refractivity contribution in [2.24, 2.45) is 0 Å². The van der Waals surface area contributed by atoms with E-state index in [2.05, 4.69) is 0 Å². The van der Waals surface area contributed by atoms with Gasteiger partial charge in [0.2, 0.25) is 0 Å². The van der Waals surface area contributed by atoms with Crippen LogP contribution in [0.1, 0.15) is 11.1 Å². The lowest BCUT2D eigenvalue weighted by Gasteiger charge is -2.23. The molecule has 1 aliphatic rings. The molecule has 0 radical (unpaired) electrons. The third-order valence-corrected chi connectivity index (χ3v) is 4.76. The molecule has 29 heavy (non-hydrogen) atoms. The lowest BCUT2D eigenvalue weighted by atomic mass is 9.95. The van der Waals surface area contributed by atoms with Crippen molar-refractivity contribution >= 4 is 5.91 Å². The number of hydrogen-bond acceptors (Lipinski definition) is 5. The molecule has 0 aliphatic carbocycles. The number of amides is 1. The van der Waals surface area contributed by atoms with Gasteiger partial charge < -0.3 is 23.8 Å². The molecule has 0 aromatic heterocycles. The van der Waals surface area contributed by atoms with Crippen LogP contribution in [0.4, 0.5) is 13.2 Å². The van der Waals surface area contributed by atoms with Crippen molar-refractivity contribution in [2.75, 3.05) is 28.4 Å². The molecule has 156 valence electrons. The van der Waals surface area contributed by atoms with Crippen molar-refractivity contribution < 1.29 is 36.9 Å². The first kappa shape index (κ1) is 20.6. The van der Waals surface area contributed by atoms with Crippen LogP contribution in [0.5, 0.6) is 23.0 Å². The smallest absolute Gasteiger partial charge is 0.471 e. The zero-order chi connectivity index (χ0) is 21.3. The van der Waals surface area contributed by atoms with Gasteiger partial charge in [-0.15, -0.1) is 0 Å². The molecular weight excluding hydrogens is 391 g/mol. The van der Waals surface area contributed by atoms with Gasteiger partial charge in [-0.3, -0.25) is 4.79 Å². The third-order valence-electron chi connectivity index (χ3n) is 4.76. The summed E-state index contributed by atoms with van der Waals surface area (Å²) in [5.74, 6) is -0.366. The summed E-state index contributed by atoms with van der Waals surface area (Å²) in [7, 11) is 5.80. The van der Waals surface area contributed by atoms with Crippen LogP contribution in [-0.2, 0) is 17.9 Å². The van der Waals surface area contributed by atoms with Crippen molar-refractivity contribution in [3.8, 4) is 34.1 Å². The lowest BCUT2D eigenvalue weighted by molar-refractivity contribution is -0.186. The second-order valence-corrected chi connectivity index (χ2v) is 6.39. The fourth-order valence-electron chi connectivity index (χ4n) is 3.40. The molecule has 0 saturated carbocycles. The number of nitrogens with zero attached hydrogens (tertiary/aromatic N) is 1. The predicted octanol–water partition coefficient (Wildman–Crippen LogP) is 3.79. The van der Waals surface area contributed by atoms with E-state index in [-0.39, 0.29) is 13.1 Å². The Morgan fingerprint density at radius 2 is 1.10 bits per heavy atom. The summed E-state index contributed by atoms with van der Waals surface area (Å²) in [4.78, 5) is 12.8. The zero-order valence-corrected chi connectivity index (χ0v) is 16.3. The Morgan fingerprint density at radius 1 is 0.759 bits per heavy atom. The highest BCUT2D eigenvalue weighted by Gasteiger charge is 2.43. The zero-order valence-electron chi connectivity index (χ0n) is 16.3. The highest BCUT2D eigenvalue weighted by molar-refractivity contribution is 5.84. The van der Waals surface area contributed by atoms with Gasteiger partial charge in [-0.2, -0.15) is 13.2 Å². The standard InChI is InChI=1S/C20H20F3NO5/c1-26-15-5-11-9-24(19(25)20(21,22)23)10-12-6-16(27-2)18(29-4)8-14(12)13(11)7-17(15)28-3/h5-8H,9-10H2,1-4H3. The van der Waals surface area contributed by atoms with E-state index in [1.165, 1.54) is 28.4 Å². The Balaban J connectivity index is 2.27. The molecule has 0 spiro atoms. The summed E-state index contributed by atoms with van der Waals surface area (Å²) in [6.07, 6.45) is -4.99. The molecular formula is C20H20F3NO5. The number of benzene rings is 2. The van der Waals surface area contributed by atoms with E-state index >= 15 is 0 Å². The van der Waals surface area contributed by atoms with Gasteiger partial charge >= 0.3 is 12.1 Å². The van der Waals surface area contributed by atoms with Gasteiger partial charge in [0.25, 0.3) is 0 Å². The quantitative estimate of drug-likeness (QED) is 0.766. The van der Waals surface area contributed by atoms with E-state index in [0.717, 1.165) is 4.90 Å². The van der Waals surface area contributed by atoms with Gasteiger partial charge in [-0.05, 0) is 46.5 Å². The van der Waals surface area contributed by atoms with E-state index in [1.54, 1.807) is 24.3 Å². The number of hydrogen-bond donors (Lipinski definition) is 0. The first-order valence-corrected chi connectivity index (χ1v) is 8.59. The Hall–Kier alpha value is -3.10. The van der Waals surface area contributed by atoms with E-state index in [4.69, 9.17) is 18.9 Å². The summed E-state index contributed by atoms with van der Waals surface area (Å²) >= 11 is 0. The predicted molar refractivity (Wildman–Crippen MR) is 98.4 cm³/mol. The average molecular weight is 411 g/mol. The van der Waals surface area contributed by atoms with Gasteiger partial charge in [0.05, 0.1) is 28.4 Å². The van der Waals surface area contributed by atoms with Crippen molar-refractivity contribution in [3.63, 3.8) is 0 Å². The molecule has 1 heterocycles. The van der Waals surface area contributed by atoms with Crippen LogP contribution in [0, 0.1) is 0 Å². The average Bonchev–Trinajstić information content (AvgIpc) is 2.85. The summed E-state index contributed by atoms with van der Waals surface area (Å²) < 4.78 is 60.8. The van der Waals surface area contributed by atoms with E-state index in [9.17, 15) is 18.0 Å². The molecule has 2 aromatic rings. The molecule has 0 atom stereocenters. The Morgan fingerprint density at radius 3 is 1.41 bits per heavy atom. The van der Waals surface area contributed by atoms with Crippen molar-refractivity contribution in [2.45, 2.75) is 19.3 Å². The number of carbonyl (C=O) groups excluding carboxylic acids is 1. The monoisotopic (exact) mass is 411 g/mol. The molecule has 3 rings (SSSR count). The highest BCUT2D eigenvalue weighted by Crippen LogP contribution is 2.44. The minimum Gasteiger partial charge on any atom is -0.493 e. The van der Waals surface area contributed by atoms with E-state index in [1.807, 2.05) is 0 Å². The molecule has 1 amide bonds. The minimum atomic E-state index is -4.99. The number of rotatable bonds is 4. The number of halogens is 3. The second kappa shape index (κ2) is 7.73. The van der Waals surface area contributed by atoms with Crippen molar-refractivity contribution in [3.05, 3.63) is 35.4 Å². The van der Waals surface area contributed by atoms with Crippen LogP contribution in [-0.4, -0.2) is 45.4 Å². The summed E-state index contributed by atoms with van der Waals surface area (Å²) in [6, 6.07) is 6.52. The summed E-state index contributed by atoms with van der Waals surface area (Å²) in [5, 5.41) is 0. The normalized spacial score (nSPS) is 13.1. The van der Waals surface area contributed by atoms with Gasteiger partial charge in [-0.1, -0.05) is 0 Å². The topological polar surface area (TPSA) is 57.2 Å². The number of alkyl halides is 3. The molecule has 1 aliphatic heterocycles. The summed E-state index contributed by atoms with van der Waals surface area (Å²) in [5.41, 5.74) is 2.23. The SMILES string of the molecule is COc1cc2c(cc1OC)-c1cc(OC)c(OC)cc1CN(C(=O)C(F)(F)F)C2.